The highest BCUT2D eigenvalue weighted by Gasteiger charge is 2.27. The van der Waals surface area contributed by atoms with Gasteiger partial charge in [-0.05, 0) is 0 Å². The fraction of sp³-hybridized carbons (Fsp3) is 0.143. The quantitative estimate of drug-likeness (QED) is 0.687. The van der Waals surface area contributed by atoms with E-state index >= 15 is 0 Å². The summed E-state index contributed by atoms with van der Waals surface area (Å²) in [5.41, 5.74) is 0. The summed E-state index contributed by atoms with van der Waals surface area (Å²) in [5, 5.41) is 9.63. The van der Waals surface area contributed by atoms with Gasteiger partial charge in [0.05, 0.1) is 6.42 Å². The third kappa shape index (κ3) is 4.66. The van der Waals surface area contributed by atoms with Gasteiger partial charge in [-0.3, -0.25) is 0 Å². The average molecular weight is 290 g/mol. The minimum absolute atomic E-state index is 0.506. The van der Waals surface area contributed by atoms with Crippen LogP contribution in [0.4, 0.5) is 0 Å². The summed E-state index contributed by atoms with van der Waals surface area (Å²) in [6.07, 6.45) is 3.90. The van der Waals surface area contributed by atoms with Crippen molar-refractivity contribution in [3.05, 3.63) is 61.2 Å². The fourth-order valence-electron chi connectivity index (χ4n) is 1.45. The molecule has 2 aromatic heterocycles. The van der Waals surface area contributed by atoms with Crippen LogP contribution in [0.3, 0.4) is 0 Å². The number of aliphatic hydroxyl groups excluding tert-OH is 1. The molecule has 1 unspecified atom stereocenters. The van der Waals surface area contributed by atoms with Gasteiger partial charge in [0.1, 0.15) is 0 Å². The molecule has 1 atom stereocenters. The van der Waals surface area contributed by atoms with Gasteiger partial charge in [-0.25, -0.2) is 9.59 Å². The number of hydrogen-bond donors (Lipinski definition) is 1. The Morgan fingerprint density at radius 1 is 0.857 bits per heavy atom. The van der Waals surface area contributed by atoms with Crippen molar-refractivity contribution in [1.82, 2.24) is 0 Å². The standard InChI is InChI=1S/C14H14N2O5/c17-12(14(19)21-16-9-5-2-6-10-16)11-13(18)20-15-7-3-1-4-8-15/h1-10,12,17H,11H2/q+2. The molecule has 7 heteroatoms. The van der Waals surface area contributed by atoms with Gasteiger partial charge in [-0.15, -0.1) is 0 Å². The topological polar surface area (TPSA) is 80.6 Å². The van der Waals surface area contributed by atoms with Crippen molar-refractivity contribution >= 4 is 11.9 Å². The largest absolute Gasteiger partial charge is 0.409 e. The molecule has 2 aromatic rings. The van der Waals surface area contributed by atoms with Crippen LogP contribution < -0.4 is 19.1 Å². The van der Waals surface area contributed by atoms with Crippen LogP contribution in [0.1, 0.15) is 6.42 Å². The van der Waals surface area contributed by atoms with Crippen LogP contribution in [0.15, 0.2) is 61.2 Å². The van der Waals surface area contributed by atoms with Crippen molar-refractivity contribution in [2.24, 2.45) is 0 Å². The summed E-state index contributed by atoms with van der Waals surface area (Å²) in [6.45, 7) is 0. The van der Waals surface area contributed by atoms with Crippen molar-refractivity contribution in [1.29, 1.82) is 0 Å². The lowest BCUT2D eigenvalue weighted by atomic mass is 10.2. The predicted molar refractivity (Wildman–Crippen MR) is 67.1 cm³/mol. The third-order valence-electron chi connectivity index (χ3n) is 2.41. The van der Waals surface area contributed by atoms with Gasteiger partial charge < -0.3 is 5.11 Å². The Balaban J connectivity index is 1.84. The van der Waals surface area contributed by atoms with Gasteiger partial charge >= 0.3 is 11.9 Å². The Morgan fingerprint density at radius 2 is 1.33 bits per heavy atom. The molecule has 0 saturated heterocycles. The Labute approximate surface area is 120 Å². The Bertz CT molecular complexity index is 603. The monoisotopic (exact) mass is 290 g/mol. The highest BCUT2D eigenvalue weighted by Crippen LogP contribution is 1.93. The lowest BCUT2D eigenvalue weighted by molar-refractivity contribution is -0.870. The molecule has 21 heavy (non-hydrogen) atoms. The minimum atomic E-state index is -1.60. The number of aliphatic hydroxyl groups is 1. The van der Waals surface area contributed by atoms with Gasteiger partial charge in [-0.2, -0.15) is 9.68 Å². The maximum Gasteiger partial charge on any atom is 0.409 e. The molecule has 7 nitrogen and oxygen atoms in total. The van der Waals surface area contributed by atoms with Crippen molar-refractivity contribution in [2.75, 3.05) is 0 Å². The van der Waals surface area contributed by atoms with Crippen molar-refractivity contribution in [3.63, 3.8) is 0 Å². The van der Waals surface area contributed by atoms with Gasteiger partial charge in [0, 0.05) is 33.7 Å². The van der Waals surface area contributed by atoms with Crippen LogP contribution in [0, 0.1) is 0 Å². The lowest BCUT2D eigenvalue weighted by Crippen LogP contribution is -2.50. The van der Waals surface area contributed by atoms with E-state index < -0.39 is 24.5 Å². The first-order chi connectivity index (χ1) is 10.1. The molecule has 0 spiro atoms. The number of pyridine rings is 2. The molecular weight excluding hydrogens is 276 g/mol. The van der Waals surface area contributed by atoms with Crippen molar-refractivity contribution in [3.8, 4) is 0 Å². The number of rotatable bonds is 5. The molecule has 1 N–H and O–H groups in total. The summed E-state index contributed by atoms with van der Waals surface area (Å²) in [5.74, 6) is -1.70. The molecule has 0 aliphatic heterocycles. The summed E-state index contributed by atoms with van der Waals surface area (Å²) in [7, 11) is 0. The molecule has 0 aromatic carbocycles. The Hall–Kier alpha value is -2.80. The second-order valence-corrected chi connectivity index (χ2v) is 4.06. The van der Waals surface area contributed by atoms with E-state index in [1.165, 1.54) is 29.5 Å². The SMILES string of the molecule is O=C(CC(O)C(=O)O[n+]1ccccc1)O[n+]1ccccc1. The minimum Gasteiger partial charge on any atom is -0.381 e. The number of carbonyl (C=O) groups excluding carboxylic acids is 2. The van der Waals surface area contributed by atoms with E-state index in [-0.39, 0.29) is 0 Å². The zero-order chi connectivity index (χ0) is 15.1. The van der Waals surface area contributed by atoms with E-state index in [1.807, 2.05) is 0 Å². The van der Waals surface area contributed by atoms with Crippen molar-refractivity contribution in [2.45, 2.75) is 12.5 Å². The first-order valence-electron chi connectivity index (χ1n) is 6.19. The smallest absolute Gasteiger partial charge is 0.381 e. The van der Waals surface area contributed by atoms with Gasteiger partial charge in [0.25, 0.3) is 0 Å². The van der Waals surface area contributed by atoms with Crippen molar-refractivity contribution < 1.29 is 33.8 Å². The second-order valence-electron chi connectivity index (χ2n) is 4.06. The van der Waals surface area contributed by atoms with E-state index in [1.54, 1.807) is 36.4 Å². The van der Waals surface area contributed by atoms with Crippen LogP contribution in [-0.2, 0) is 9.59 Å². The first-order valence-corrected chi connectivity index (χ1v) is 6.19. The van der Waals surface area contributed by atoms with Crippen LogP contribution in [0.2, 0.25) is 0 Å². The lowest BCUT2D eigenvalue weighted by Gasteiger charge is -2.03. The highest BCUT2D eigenvalue weighted by atomic mass is 16.7. The molecule has 0 aliphatic carbocycles. The first kappa shape index (κ1) is 14.6. The van der Waals surface area contributed by atoms with Gasteiger partial charge in [0.15, 0.2) is 6.10 Å². The molecular formula is C14H14N2O5+2. The van der Waals surface area contributed by atoms with E-state index in [9.17, 15) is 14.7 Å². The molecule has 2 rings (SSSR count). The normalized spacial score (nSPS) is 11.5. The Morgan fingerprint density at radius 3 is 1.86 bits per heavy atom. The fourth-order valence-corrected chi connectivity index (χ4v) is 1.45. The third-order valence-corrected chi connectivity index (χ3v) is 2.41. The highest BCUT2D eigenvalue weighted by molar-refractivity contribution is 5.81. The molecule has 0 aliphatic rings. The molecule has 0 fully saturated rings. The average Bonchev–Trinajstić information content (AvgIpc) is 2.49. The van der Waals surface area contributed by atoms with Gasteiger partial charge in [-0.1, -0.05) is 12.1 Å². The number of aromatic nitrogens is 2. The van der Waals surface area contributed by atoms with E-state index in [0.29, 0.717) is 0 Å². The van der Waals surface area contributed by atoms with Crippen LogP contribution >= 0.6 is 0 Å². The summed E-state index contributed by atoms with van der Waals surface area (Å²) in [4.78, 5) is 32.9. The number of hydrogen-bond acceptors (Lipinski definition) is 5. The number of nitrogens with zero attached hydrogens (tertiary/aromatic N) is 2. The van der Waals surface area contributed by atoms with Crippen LogP contribution in [0.25, 0.3) is 0 Å². The molecule has 0 bridgehead atoms. The van der Waals surface area contributed by atoms with E-state index in [4.69, 9.17) is 9.68 Å². The number of carbonyl (C=O) groups is 2. The summed E-state index contributed by atoms with van der Waals surface area (Å²) in [6, 6.07) is 10.1. The van der Waals surface area contributed by atoms with E-state index in [2.05, 4.69) is 0 Å². The zero-order valence-electron chi connectivity index (χ0n) is 11.0. The van der Waals surface area contributed by atoms with Crippen LogP contribution in [0.5, 0.6) is 0 Å². The van der Waals surface area contributed by atoms with Crippen LogP contribution in [-0.4, -0.2) is 23.1 Å². The van der Waals surface area contributed by atoms with E-state index in [0.717, 1.165) is 4.73 Å². The summed E-state index contributed by atoms with van der Waals surface area (Å²) >= 11 is 0. The second kappa shape index (κ2) is 7.11. The maximum absolute atomic E-state index is 11.6. The van der Waals surface area contributed by atoms with Gasteiger partial charge in [0.2, 0.25) is 24.8 Å². The Kier molecular flexibility index (Phi) is 4.94. The molecule has 0 saturated carbocycles. The predicted octanol–water partition coefficient (Wildman–Crippen LogP) is -1.38. The molecule has 0 radical (unpaired) electrons. The molecule has 2 heterocycles. The molecule has 0 amide bonds. The molecule has 108 valence electrons. The maximum atomic E-state index is 11.6. The summed E-state index contributed by atoms with van der Waals surface area (Å²) < 4.78 is 2.30. The zero-order valence-corrected chi connectivity index (χ0v) is 11.0.